The highest BCUT2D eigenvalue weighted by Crippen LogP contribution is 2.32. The lowest BCUT2D eigenvalue weighted by Gasteiger charge is -2.22. The number of guanidine groups is 1. The first-order valence-electron chi connectivity index (χ1n) is 8.67. The first-order valence-corrected chi connectivity index (χ1v) is 8.67. The molecule has 140 valence electrons. The van der Waals surface area contributed by atoms with Crippen LogP contribution < -0.4 is 14.8 Å². The first kappa shape index (κ1) is 18.5. The Morgan fingerprint density at radius 1 is 1.26 bits per heavy atom. The van der Waals surface area contributed by atoms with Crippen LogP contribution in [0.1, 0.15) is 23.6 Å². The van der Waals surface area contributed by atoms with Gasteiger partial charge < -0.3 is 19.7 Å². The van der Waals surface area contributed by atoms with Gasteiger partial charge in [-0.3, -0.25) is 0 Å². The first-order chi connectivity index (χ1) is 13.1. The number of hydrogen-bond acceptors (Lipinski definition) is 4. The predicted molar refractivity (Wildman–Crippen MR) is 100.0 cm³/mol. The third kappa shape index (κ3) is 4.47. The standard InChI is InChI=1S/C20H21FN4O2/c1-3-23-20(24-11-16-8-14(10-22)4-6-17(16)21)25(2)12-15-5-7-18-19(9-15)27-13-26-18/h4-9H,3,11-13H2,1-2H3,(H,23,24). The molecular formula is C20H21FN4O2. The molecule has 0 saturated heterocycles. The Hall–Kier alpha value is -3.27. The molecule has 7 heteroatoms. The zero-order chi connectivity index (χ0) is 19.2. The van der Waals surface area contributed by atoms with Crippen molar-refractivity contribution in [2.75, 3.05) is 20.4 Å². The van der Waals surface area contributed by atoms with Crippen LogP contribution in [0.15, 0.2) is 41.4 Å². The summed E-state index contributed by atoms with van der Waals surface area (Å²) in [6.07, 6.45) is 0. The van der Waals surface area contributed by atoms with Gasteiger partial charge in [0.25, 0.3) is 0 Å². The molecule has 0 bridgehead atoms. The number of hydrogen-bond donors (Lipinski definition) is 1. The Balaban J connectivity index is 1.74. The van der Waals surface area contributed by atoms with E-state index in [0.717, 1.165) is 17.1 Å². The molecule has 3 rings (SSSR count). The summed E-state index contributed by atoms with van der Waals surface area (Å²) in [4.78, 5) is 6.47. The molecule has 0 spiro atoms. The maximum Gasteiger partial charge on any atom is 0.231 e. The van der Waals surface area contributed by atoms with Gasteiger partial charge in [-0.15, -0.1) is 0 Å². The fraction of sp³-hybridized carbons (Fsp3) is 0.300. The van der Waals surface area contributed by atoms with Gasteiger partial charge in [0.15, 0.2) is 17.5 Å². The average molecular weight is 368 g/mol. The van der Waals surface area contributed by atoms with Crippen LogP contribution in [0.2, 0.25) is 0 Å². The largest absolute Gasteiger partial charge is 0.454 e. The molecule has 1 heterocycles. The molecule has 0 atom stereocenters. The lowest BCUT2D eigenvalue weighted by molar-refractivity contribution is 0.174. The Kier molecular flexibility index (Phi) is 5.77. The molecule has 0 unspecified atom stereocenters. The molecule has 0 aromatic heterocycles. The van der Waals surface area contributed by atoms with Crippen LogP contribution in [-0.4, -0.2) is 31.2 Å². The number of nitriles is 1. The molecule has 2 aromatic rings. The van der Waals surface area contributed by atoms with E-state index < -0.39 is 0 Å². The van der Waals surface area contributed by atoms with Gasteiger partial charge >= 0.3 is 0 Å². The second-order valence-corrected chi connectivity index (χ2v) is 6.13. The number of benzene rings is 2. The Morgan fingerprint density at radius 2 is 2.07 bits per heavy atom. The van der Waals surface area contributed by atoms with Crippen molar-refractivity contribution in [3.63, 3.8) is 0 Å². The second-order valence-electron chi connectivity index (χ2n) is 6.13. The van der Waals surface area contributed by atoms with E-state index >= 15 is 0 Å². The molecule has 0 saturated carbocycles. The van der Waals surface area contributed by atoms with Crippen molar-refractivity contribution < 1.29 is 13.9 Å². The highest BCUT2D eigenvalue weighted by Gasteiger charge is 2.15. The van der Waals surface area contributed by atoms with Gasteiger partial charge in [-0.25, -0.2) is 9.38 Å². The third-order valence-corrected chi connectivity index (χ3v) is 4.13. The van der Waals surface area contributed by atoms with E-state index in [1.54, 1.807) is 0 Å². The minimum Gasteiger partial charge on any atom is -0.454 e. The van der Waals surface area contributed by atoms with E-state index in [9.17, 15) is 4.39 Å². The third-order valence-electron chi connectivity index (χ3n) is 4.13. The van der Waals surface area contributed by atoms with Gasteiger partial charge in [0.2, 0.25) is 6.79 Å². The number of nitrogens with one attached hydrogen (secondary N) is 1. The van der Waals surface area contributed by atoms with Crippen LogP contribution in [0.5, 0.6) is 11.5 Å². The van der Waals surface area contributed by atoms with Crippen LogP contribution >= 0.6 is 0 Å². The van der Waals surface area contributed by atoms with E-state index in [1.165, 1.54) is 18.2 Å². The molecule has 0 amide bonds. The lowest BCUT2D eigenvalue weighted by Crippen LogP contribution is -2.38. The van der Waals surface area contributed by atoms with E-state index in [4.69, 9.17) is 14.7 Å². The Bertz CT molecular complexity index is 892. The van der Waals surface area contributed by atoms with Crippen molar-refractivity contribution in [2.45, 2.75) is 20.0 Å². The zero-order valence-corrected chi connectivity index (χ0v) is 15.3. The summed E-state index contributed by atoms with van der Waals surface area (Å²) in [5.41, 5.74) is 1.85. The summed E-state index contributed by atoms with van der Waals surface area (Å²) in [6, 6.07) is 12.1. The van der Waals surface area contributed by atoms with Crippen molar-refractivity contribution >= 4 is 5.96 Å². The number of fused-ring (bicyclic) bond motifs is 1. The van der Waals surface area contributed by atoms with Crippen LogP contribution in [0.4, 0.5) is 4.39 Å². The lowest BCUT2D eigenvalue weighted by atomic mass is 10.1. The molecule has 27 heavy (non-hydrogen) atoms. The number of halogens is 1. The summed E-state index contributed by atoms with van der Waals surface area (Å²) < 4.78 is 24.7. The molecule has 0 fully saturated rings. The quantitative estimate of drug-likeness (QED) is 0.649. The summed E-state index contributed by atoms with van der Waals surface area (Å²) in [5, 5.41) is 12.2. The number of aliphatic imine (C=N–C) groups is 1. The van der Waals surface area contributed by atoms with E-state index in [0.29, 0.717) is 30.2 Å². The van der Waals surface area contributed by atoms with Crippen molar-refractivity contribution in [3.8, 4) is 17.6 Å². The van der Waals surface area contributed by atoms with Gasteiger partial charge in [0.1, 0.15) is 5.82 Å². The van der Waals surface area contributed by atoms with Crippen molar-refractivity contribution in [1.82, 2.24) is 10.2 Å². The van der Waals surface area contributed by atoms with Gasteiger partial charge in [-0.2, -0.15) is 5.26 Å². The Morgan fingerprint density at radius 3 is 2.85 bits per heavy atom. The van der Waals surface area contributed by atoms with Crippen molar-refractivity contribution in [3.05, 3.63) is 58.9 Å². The smallest absolute Gasteiger partial charge is 0.231 e. The highest BCUT2D eigenvalue weighted by molar-refractivity contribution is 5.79. The molecule has 0 radical (unpaired) electrons. The molecule has 1 aliphatic rings. The maximum atomic E-state index is 14.0. The summed E-state index contributed by atoms with van der Waals surface area (Å²) >= 11 is 0. The van der Waals surface area contributed by atoms with Crippen LogP contribution in [0.3, 0.4) is 0 Å². The number of rotatable bonds is 5. The maximum absolute atomic E-state index is 14.0. The zero-order valence-electron chi connectivity index (χ0n) is 15.3. The SMILES string of the molecule is CCNC(=NCc1cc(C#N)ccc1F)N(C)Cc1ccc2c(c1)OCO2. The molecular weight excluding hydrogens is 347 g/mol. The van der Waals surface area contributed by atoms with Gasteiger partial charge in [-0.1, -0.05) is 6.07 Å². The monoisotopic (exact) mass is 368 g/mol. The number of ether oxygens (including phenoxy) is 2. The normalized spacial score (nSPS) is 12.6. The fourth-order valence-corrected chi connectivity index (χ4v) is 2.78. The van der Waals surface area contributed by atoms with E-state index in [2.05, 4.69) is 10.3 Å². The fourth-order valence-electron chi connectivity index (χ4n) is 2.78. The molecule has 0 aliphatic carbocycles. The van der Waals surface area contributed by atoms with Crippen LogP contribution in [0, 0.1) is 17.1 Å². The van der Waals surface area contributed by atoms with Gasteiger partial charge in [-0.05, 0) is 42.8 Å². The average Bonchev–Trinajstić information content (AvgIpc) is 3.14. The van der Waals surface area contributed by atoms with Crippen molar-refractivity contribution in [2.24, 2.45) is 4.99 Å². The summed E-state index contributed by atoms with van der Waals surface area (Å²) in [6.45, 7) is 3.65. The summed E-state index contributed by atoms with van der Waals surface area (Å²) in [7, 11) is 1.91. The van der Waals surface area contributed by atoms with Crippen LogP contribution in [0.25, 0.3) is 0 Å². The second kappa shape index (κ2) is 8.41. The minimum atomic E-state index is -0.368. The highest BCUT2D eigenvalue weighted by atomic mass is 19.1. The molecule has 1 N–H and O–H groups in total. The molecule has 6 nitrogen and oxygen atoms in total. The van der Waals surface area contributed by atoms with E-state index in [-0.39, 0.29) is 19.2 Å². The molecule has 1 aliphatic heterocycles. The van der Waals surface area contributed by atoms with Gasteiger partial charge in [0.05, 0.1) is 18.2 Å². The van der Waals surface area contributed by atoms with Crippen molar-refractivity contribution in [1.29, 1.82) is 5.26 Å². The predicted octanol–water partition coefficient (Wildman–Crippen LogP) is 3.02. The van der Waals surface area contributed by atoms with Gasteiger partial charge in [0, 0.05) is 25.7 Å². The van der Waals surface area contributed by atoms with Crippen LogP contribution in [-0.2, 0) is 13.1 Å². The Labute approximate surface area is 157 Å². The summed E-state index contributed by atoms with van der Waals surface area (Å²) in [5.74, 6) is 1.76. The molecule has 2 aromatic carbocycles. The topological polar surface area (TPSA) is 69.9 Å². The number of nitrogens with zero attached hydrogens (tertiary/aromatic N) is 3. The minimum absolute atomic E-state index is 0.148. The van der Waals surface area contributed by atoms with E-state index in [1.807, 2.05) is 43.1 Å².